The number of sulfone groups is 1. The summed E-state index contributed by atoms with van der Waals surface area (Å²) in [5.41, 5.74) is 1.12. The van der Waals surface area contributed by atoms with Crippen LogP contribution >= 0.6 is 0 Å². The van der Waals surface area contributed by atoms with Gasteiger partial charge in [0, 0.05) is 12.7 Å². The third-order valence-corrected chi connectivity index (χ3v) is 6.63. The Morgan fingerprint density at radius 1 is 0.900 bits per heavy atom. The zero-order chi connectivity index (χ0) is 21.1. The van der Waals surface area contributed by atoms with Gasteiger partial charge in [-0.3, -0.25) is 4.79 Å². The van der Waals surface area contributed by atoms with E-state index in [1.165, 1.54) is 18.3 Å². The number of pyridine rings is 1. The highest BCUT2D eigenvalue weighted by Crippen LogP contribution is 2.24. The van der Waals surface area contributed by atoms with Crippen LogP contribution in [-0.4, -0.2) is 19.6 Å². The number of rotatable bonds is 6. The average molecular weight is 420 g/mol. The van der Waals surface area contributed by atoms with Crippen LogP contribution in [0.25, 0.3) is 10.9 Å². The van der Waals surface area contributed by atoms with E-state index in [2.05, 4.69) is 0 Å². The molecule has 1 aromatic heterocycles. The second-order valence-electron chi connectivity index (χ2n) is 6.86. The summed E-state index contributed by atoms with van der Waals surface area (Å²) < 4.78 is 33.9. The lowest BCUT2D eigenvalue weighted by Crippen LogP contribution is -2.19. The van der Waals surface area contributed by atoms with Gasteiger partial charge in [-0.05, 0) is 42.8 Å². The minimum Gasteiger partial charge on any atom is -0.494 e. The molecule has 0 amide bonds. The topological polar surface area (TPSA) is 65.4 Å². The summed E-state index contributed by atoms with van der Waals surface area (Å²) in [5, 5.41) is 0.314. The number of ether oxygens (including phenoxy) is 1. The fourth-order valence-electron chi connectivity index (χ4n) is 3.44. The SMILES string of the molecule is CCOc1ccc2c(c1)c(=O)c(S(=O)(=O)c1ccccc1)cn2Cc1ccccc1. The second-order valence-corrected chi connectivity index (χ2v) is 8.78. The van der Waals surface area contributed by atoms with E-state index in [-0.39, 0.29) is 9.79 Å². The van der Waals surface area contributed by atoms with E-state index in [1.807, 2.05) is 37.3 Å². The molecule has 0 aliphatic carbocycles. The molecule has 0 fully saturated rings. The molecule has 4 aromatic rings. The molecule has 0 aliphatic heterocycles. The van der Waals surface area contributed by atoms with Gasteiger partial charge in [0.2, 0.25) is 15.3 Å². The van der Waals surface area contributed by atoms with Crippen molar-refractivity contribution < 1.29 is 13.2 Å². The molecule has 0 saturated heterocycles. The Labute approximate surface area is 175 Å². The highest BCUT2D eigenvalue weighted by atomic mass is 32.2. The number of nitrogens with zero attached hydrogens (tertiary/aromatic N) is 1. The molecule has 0 saturated carbocycles. The maximum Gasteiger partial charge on any atom is 0.211 e. The van der Waals surface area contributed by atoms with E-state index in [0.717, 1.165) is 5.56 Å². The highest BCUT2D eigenvalue weighted by Gasteiger charge is 2.24. The van der Waals surface area contributed by atoms with Gasteiger partial charge in [-0.2, -0.15) is 0 Å². The van der Waals surface area contributed by atoms with Gasteiger partial charge >= 0.3 is 0 Å². The number of fused-ring (bicyclic) bond motifs is 1. The maximum absolute atomic E-state index is 13.3. The quantitative estimate of drug-likeness (QED) is 0.468. The molecule has 0 spiro atoms. The molecule has 0 radical (unpaired) electrons. The number of benzene rings is 3. The molecule has 152 valence electrons. The first-order valence-electron chi connectivity index (χ1n) is 9.65. The standard InChI is InChI=1S/C24H21NO4S/c1-2-29-19-13-14-22-21(15-19)24(26)23(30(27,28)20-11-7-4-8-12-20)17-25(22)16-18-9-5-3-6-10-18/h3-15,17H,2,16H2,1H3. The fraction of sp³-hybridized carbons (Fsp3) is 0.125. The highest BCUT2D eigenvalue weighted by molar-refractivity contribution is 7.91. The molecule has 30 heavy (non-hydrogen) atoms. The Kier molecular flexibility index (Phi) is 5.42. The lowest BCUT2D eigenvalue weighted by Gasteiger charge is -2.15. The number of hydrogen-bond acceptors (Lipinski definition) is 4. The van der Waals surface area contributed by atoms with E-state index in [9.17, 15) is 13.2 Å². The Morgan fingerprint density at radius 2 is 1.57 bits per heavy atom. The van der Waals surface area contributed by atoms with Crippen molar-refractivity contribution in [1.82, 2.24) is 4.57 Å². The van der Waals surface area contributed by atoms with Crippen molar-refractivity contribution in [3.05, 3.63) is 101 Å². The second kappa shape index (κ2) is 8.16. The minimum absolute atomic E-state index is 0.0914. The maximum atomic E-state index is 13.3. The molecule has 6 heteroatoms. The zero-order valence-corrected chi connectivity index (χ0v) is 17.3. The van der Waals surface area contributed by atoms with Crippen LogP contribution in [0.5, 0.6) is 5.75 Å². The lowest BCUT2D eigenvalue weighted by molar-refractivity contribution is 0.340. The van der Waals surface area contributed by atoms with Crippen LogP contribution in [0.2, 0.25) is 0 Å². The van der Waals surface area contributed by atoms with Gasteiger partial charge < -0.3 is 9.30 Å². The molecule has 4 rings (SSSR count). The minimum atomic E-state index is -3.98. The molecule has 0 aliphatic rings. The van der Waals surface area contributed by atoms with Crippen molar-refractivity contribution in [2.45, 2.75) is 23.3 Å². The van der Waals surface area contributed by atoms with E-state index in [1.54, 1.807) is 41.0 Å². The molecule has 0 bridgehead atoms. The summed E-state index contributed by atoms with van der Waals surface area (Å²) in [6.45, 7) is 2.74. The summed E-state index contributed by atoms with van der Waals surface area (Å²) in [5.74, 6) is 0.530. The first kappa shape index (κ1) is 19.9. The molecule has 0 atom stereocenters. The van der Waals surface area contributed by atoms with Crippen LogP contribution in [-0.2, 0) is 16.4 Å². The van der Waals surface area contributed by atoms with Crippen LogP contribution < -0.4 is 10.2 Å². The first-order chi connectivity index (χ1) is 14.5. The lowest BCUT2D eigenvalue weighted by atomic mass is 10.1. The van der Waals surface area contributed by atoms with Gasteiger partial charge in [-0.1, -0.05) is 48.5 Å². The van der Waals surface area contributed by atoms with E-state index in [4.69, 9.17) is 4.74 Å². The summed E-state index contributed by atoms with van der Waals surface area (Å²) in [6, 6.07) is 22.9. The van der Waals surface area contributed by atoms with E-state index >= 15 is 0 Å². The molecule has 5 nitrogen and oxygen atoms in total. The van der Waals surface area contributed by atoms with Crippen LogP contribution in [0.1, 0.15) is 12.5 Å². The predicted molar refractivity (Wildman–Crippen MR) is 117 cm³/mol. The van der Waals surface area contributed by atoms with E-state index in [0.29, 0.717) is 29.8 Å². The summed E-state index contributed by atoms with van der Waals surface area (Å²) in [4.78, 5) is 13.1. The van der Waals surface area contributed by atoms with Crippen LogP contribution in [0.3, 0.4) is 0 Å². The largest absolute Gasteiger partial charge is 0.494 e. The first-order valence-corrected chi connectivity index (χ1v) is 11.1. The smallest absolute Gasteiger partial charge is 0.211 e. The molecular formula is C24H21NO4S. The summed E-state index contributed by atoms with van der Waals surface area (Å²) in [6.07, 6.45) is 1.44. The monoisotopic (exact) mass is 419 g/mol. The molecular weight excluding hydrogens is 398 g/mol. The summed E-state index contributed by atoms with van der Waals surface area (Å²) >= 11 is 0. The van der Waals surface area contributed by atoms with Gasteiger partial charge in [0.05, 0.1) is 22.4 Å². The fourth-order valence-corrected chi connectivity index (χ4v) is 4.82. The van der Waals surface area contributed by atoms with E-state index < -0.39 is 15.3 Å². The summed E-state index contributed by atoms with van der Waals surface area (Å²) in [7, 11) is -3.98. The van der Waals surface area contributed by atoms with Gasteiger partial charge in [0.25, 0.3) is 0 Å². The van der Waals surface area contributed by atoms with Crippen LogP contribution in [0.15, 0.2) is 99.6 Å². The average Bonchev–Trinajstić information content (AvgIpc) is 2.77. The van der Waals surface area contributed by atoms with Crippen LogP contribution in [0, 0.1) is 0 Å². The van der Waals surface area contributed by atoms with Crippen molar-refractivity contribution in [2.24, 2.45) is 0 Å². The Bertz CT molecular complexity index is 1340. The molecule has 0 unspecified atom stereocenters. The normalized spacial score (nSPS) is 11.5. The van der Waals surface area contributed by atoms with Crippen molar-refractivity contribution in [1.29, 1.82) is 0 Å². The Balaban J connectivity index is 1.98. The van der Waals surface area contributed by atoms with Gasteiger partial charge in [0.15, 0.2) is 0 Å². The Morgan fingerprint density at radius 3 is 2.23 bits per heavy atom. The third kappa shape index (κ3) is 3.74. The predicted octanol–water partition coefficient (Wildman–Crippen LogP) is 4.28. The number of hydrogen-bond donors (Lipinski definition) is 0. The van der Waals surface area contributed by atoms with Crippen molar-refractivity contribution >= 4 is 20.7 Å². The van der Waals surface area contributed by atoms with Crippen molar-refractivity contribution in [2.75, 3.05) is 6.61 Å². The van der Waals surface area contributed by atoms with Crippen LogP contribution in [0.4, 0.5) is 0 Å². The van der Waals surface area contributed by atoms with Crippen molar-refractivity contribution in [3.8, 4) is 5.75 Å². The van der Waals surface area contributed by atoms with Crippen molar-refractivity contribution in [3.63, 3.8) is 0 Å². The molecule has 3 aromatic carbocycles. The molecule has 0 N–H and O–H groups in total. The van der Waals surface area contributed by atoms with Gasteiger partial charge in [0.1, 0.15) is 10.6 Å². The Hall–Kier alpha value is -3.38. The zero-order valence-electron chi connectivity index (χ0n) is 16.5. The number of aromatic nitrogens is 1. The van der Waals surface area contributed by atoms with Gasteiger partial charge in [-0.15, -0.1) is 0 Å². The third-order valence-electron chi connectivity index (χ3n) is 4.87. The van der Waals surface area contributed by atoms with Gasteiger partial charge in [-0.25, -0.2) is 8.42 Å². The molecule has 1 heterocycles.